The van der Waals surface area contributed by atoms with E-state index in [1.165, 1.54) is 0 Å². The van der Waals surface area contributed by atoms with Gasteiger partial charge < -0.3 is 15.8 Å². The van der Waals surface area contributed by atoms with Crippen molar-refractivity contribution in [3.05, 3.63) is 23.2 Å². The third-order valence-corrected chi connectivity index (χ3v) is 3.26. The summed E-state index contributed by atoms with van der Waals surface area (Å²) in [5.41, 5.74) is 6.72. The molecular weight excluding hydrogens is 236 g/mol. The molecule has 1 unspecified atom stereocenters. The highest BCUT2D eigenvalue weighted by Gasteiger charge is 2.11. The fourth-order valence-electron chi connectivity index (χ4n) is 1.62. The highest BCUT2D eigenvalue weighted by molar-refractivity contribution is 6.32. The molecule has 0 aliphatic rings. The zero-order valence-corrected chi connectivity index (χ0v) is 11.4. The Bertz CT molecular complexity index is 355. The van der Waals surface area contributed by atoms with Crippen LogP contribution in [0.3, 0.4) is 0 Å². The van der Waals surface area contributed by atoms with Gasteiger partial charge in [-0.2, -0.15) is 0 Å². The van der Waals surface area contributed by atoms with Crippen molar-refractivity contribution in [1.82, 2.24) is 0 Å². The number of ether oxygens (including phenoxy) is 1. The number of benzene rings is 1. The van der Waals surface area contributed by atoms with Crippen LogP contribution in [0.25, 0.3) is 0 Å². The van der Waals surface area contributed by atoms with Gasteiger partial charge in [0.25, 0.3) is 0 Å². The second-order valence-electron chi connectivity index (χ2n) is 4.47. The van der Waals surface area contributed by atoms with Crippen LogP contribution in [-0.2, 0) is 0 Å². The number of hydrogen-bond acceptors (Lipinski definition) is 3. The number of halogens is 1. The van der Waals surface area contributed by atoms with Crippen molar-refractivity contribution in [1.29, 1.82) is 0 Å². The molecule has 3 N–H and O–H groups in total. The van der Waals surface area contributed by atoms with E-state index in [9.17, 15) is 0 Å². The summed E-state index contributed by atoms with van der Waals surface area (Å²) in [5, 5.41) is 3.97. The van der Waals surface area contributed by atoms with Gasteiger partial charge in [-0.25, -0.2) is 0 Å². The summed E-state index contributed by atoms with van der Waals surface area (Å²) >= 11 is 6.05. The molecule has 0 saturated heterocycles. The Labute approximate surface area is 108 Å². The highest BCUT2D eigenvalue weighted by atomic mass is 35.5. The maximum atomic E-state index is 6.05. The van der Waals surface area contributed by atoms with Crippen molar-refractivity contribution < 1.29 is 4.74 Å². The predicted molar refractivity (Wildman–Crippen MR) is 73.9 cm³/mol. The molecule has 96 valence electrons. The molecule has 0 aliphatic carbocycles. The minimum atomic E-state index is 0.468. The fourth-order valence-corrected chi connectivity index (χ4v) is 1.87. The van der Waals surface area contributed by atoms with Gasteiger partial charge in [-0.1, -0.05) is 25.4 Å². The topological polar surface area (TPSA) is 47.3 Å². The smallest absolute Gasteiger partial charge is 0.137 e. The summed E-state index contributed by atoms with van der Waals surface area (Å²) in [7, 11) is 1.61. The quantitative estimate of drug-likeness (QED) is 0.823. The molecule has 0 radical (unpaired) electrons. The molecule has 0 aliphatic heterocycles. The van der Waals surface area contributed by atoms with Crippen LogP contribution in [0, 0.1) is 11.8 Å². The van der Waals surface area contributed by atoms with Gasteiger partial charge in [0.1, 0.15) is 5.75 Å². The predicted octanol–water partition coefficient (Wildman–Crippen LogP) is 2.99. The molecule has 0 spiro atoms. The second kappa shape index (κ2) is 6.72. The number of nitrogens with two attached hydrogens (primary N) is 1. The van der Waals surface area contributed by atoms with Gasteiger partial charge in [-0.15, -0.1) is 0 Å². The van der Waals surface area contributed by atoms with Gasteiger partial charge in [0.2, 0.25) is 0 Å². The molecule has 17 heavy (non-hydrogen) atoms. The van der Waals surface area contributed by atoms with E-state index in [2.05, 4.69) is 19.2 Å². The molecule has 1 rings (SSSR count). The Balaban J connectivity index is 2.60. The normalized spacial score (nSPS) is 12.6. The van der Waals surface area contributed by atoms with Crippen molar-refractivity contribution in [3.8, 4) is 5.75 Å². The van der Waals surface area contributed by atoms with Crippen LogP contribution in [0.5, 0.6) is 5.75 Å². The summed E-state index contributed by atoms with van der Waals surface area (Å²) in [6, 6.07) is 5.68. The van der Waals surface area contributed by atoms with Crippen LogP contribution in [-0.4, -0.2) is 20.2 Å². The van der Waals surface area contributed by atoms with Crippen molar-refractivity contribution >= 4 is 17.3 Å². The monoisotopic (exact) mass is 256 g/mol. The molecule has 0 saturated carbocycles. The molecule has 1 atom stereocenters. The lowest BCUT2D eigenvalue weighted by atomic mass is 9.96. The van der Waals surface area contributed by atoms with E-state index in [0.29, 0.717) is 29.2 Å². The van der Waals surface area contributed by atoms with E-state index in [-0.39, 0.29) is 0 Å². The zero-order chi connectivity index (χ0) is 12.8. The maximum absolute atomic E-state index is 6.05. The standard InChI is InChI=1S/C13H21ClN2O/c1-9(2)10(7-15)8-16-11-4-5-13(17-3)12(14)6-11/h4-6,9-10,16H,7-8,15H2,1-3H3. The minimum Gasteiger partial charge on any atom is -0.495 e. The maximum Gasteiger partial charge on any atom is 0.137 e. The first-order valence-corrected chi connectivity index (χ1v) is 6.23. The Morgan fingerprint density at radius 2 is 2.12 bits per heavy atom. The summed E-state index contributed by atoms with van der Waals surface area (Å²) in [6.45, 7) is 5.91. The van der Waals surface area contributed by atoms with Gasteiger partial charge in [0, 0.05) is 12.2 Å². The molecule has 1 aromatic carbocycles. The molecule has 1 aromatic rings. The Morgan fingerprint density at radius 1 is 1.41 bits per heavy atom. The largest absolute Gasteiger partial charge is 0.495 e. The number of nitrogens with one attached hydrogen (secondary N) is 1. The molecule has 0 amide bonds. The average Bonchev–Trinajstić information content (AvgIpc) is 2.29. The van der Waals surface area contributed by atoms with Crippen molar-refractivity contribution in [3.63, 3.8) is 0 Å². The SMILES string of the molecule is COc1ccc(NCC(CN)C(C)C)cc1Cl. The van der Waals surface area contributed by atoms with Crippen molar-refractivity contribution in [2.24, 2.45) is 17.6 Å². The van der Waals surface area contributed by atoms with Gasteiger partial charge >= 0.3 is 0 Å². The lowest BCUT2D eigenvalue weighted by molar-refractivity contribution is 0.412. The fraction of sp³-hybridized carbons (Fsp3) is 0.538. The minimum absolute atomic E-state index is 0.468. The summed E-state index contributed by atoms with van der Waals surface area (Å²) < 4.78 is 5.11. The van der Waals surface area contributed by atoms with Crippen LogP contribution >= 0.6 is 11.6 Å². The number of methoxy groups -OCH3 is 1. The van der Waals surface area contributed by atoms with E-state index in [0.717, 1.165) is 12.2 Å². The molecule has 4 heteroatoms. The number of anilines is 1. The van der Waals surface area contributed by atoms with Gasteiger partial charge in [-0.05, 0) is 36.6 Å². The van der Waals surface area contributed by atoms with Gasteiger partial charge in [-0.3, -0.25) is 0 Å². The van der Waals surface area contributed by atoms with Gasteiger partial charge in [0.15, 0.2) is 0 Å². The van der Waals surface area contributed by atoms with Crippen LogP contribution in [0.2, 0.25) is 5.02 Å². The summed E-state index contributed by atoms with van der Waals surface area (Å²) in [6.07, 6.45) is 0. The van der Waals surface area contributed by atoms with E-state index in [4.69, 9.17) is 22.1 Å². The summed E-state index contributed by atoms with van der Waals surface area (Å²) in [5.74, 6) is 1.73. The van der Waals surface area contributed by atoms with Crippen LogP contribution in [0.15, 0.2) is 18.2 Å². The lowest BCUT2D eigenvalue weighted by Gasteiger charge is -2.20. The Morgan fingerprint density at radius 3 is 2.59 bits per heavy atom. The van der Waals surface area contributed by atoms with E-state index in [1.54, 1.807) is 7.11 Å². The Hall–Kier alpha value is -0.930. The summed E-state index contributed by atoms with van der Waals surface area (Å²) in [4.78, 5) is 0. The number of hydrogen-bond donors (Lipinski definition) is 2. The molecule has 3 nitrogen and oxygen atoms in total. The molecule has 0 heterocycles. The van der Waals surface area contributed by atoms with Crippen molar-refractivity contribution in [2.75, 3.05) is 25.5 Å². The first-order valence-electron chi connectivity index (χ1n) is 5.86. The average molecular weight is 257 g/mol. The lowest BCUT2D eigenvalue weighted by Crippen LogP contribution is -2.27. The highest BCUT2D eigenvalue weighted by Crippen LogP contribution is 2.27. The third kappa shape index (κ3) is 4.10. The first kappa shape index (κ1) is 14.1. The molecule has 0 bridgehead atoms. The number of rotatable bonds is 6. The molecular formula is C13H21ClN2O. The van der Waals surface area contributed by atoms with E-state index in [1.807, 2.05) is 18.2 Å². The molecule has 0 fully saturated rings. The second-order valence-corrected chi connectivity index (χ2v) is 4.88. The van der Waals surface area contributed by atoms with E-state index < -0.39 is 0 Å². The van der Waals surface area contributed by atoms with Crippen LogP contribution in [0.1, 0.15) is 13.8 Å². The third-order valence-electron chi connectivity index (χ3n) is 2.97. The van der Waals surface area contributed by atoms with Crippen LogP contribution < -0.4 is 15.8 Å². The zero-order valence-electron chi connectivity index (χ0n) is 10.7. The van der Waals surface area contributed by atoms with Crippen molar-refractivity contribution in [2.45, 2.75) is 13.8 Å². The van der Waals surface area contributed by atoms with E-state index >= 15 is 0 Å². The Kier molecular flexibility index (Phi) is 5.59. The van der Waals surface area contributed by atoms with Gasteiger partial charge in [0.05, 0.1) is 12.1 Å². The van der Waals surface area contributed by atoms with Crippen LogP contribution in [0.4, 0.5) is 5.69 Å². The molecule has 0 aromatic heterocycles. The first-order chi connectivity index (χ1) is 8.08.